The molecule has 11 nitrogen and oxygen atoms in total. The molecule has 4 rings (SSSR count). The van der Waals surface area contributed by atoms with E-state index >= 15 is 0 Å². The molecule has 0 fully saturated rings. The normalized spacial score (nSPS) is 10.9. The van der Waals surface area contributed by atoms with E-state index in [1.165, 1.54) is 54.8 Å². The molecular formula is C32H25ClN4O7. The van der Waals surface area contributed by atoms with Crippen LogP contribution in [-0.2, 0) is 4.79 Å². The number of anilines is 1. The van der Waals surface area contributed by atoms with Gasteiger partial charge >= 0.3 is 5.97 Å². The summed E-state index contributed by atoms with van der Waals surface area (Å²) in [4.78, 5) is 47.8. The van der Waals surface area contributed by atoms with E-state index < -0.39 is 16.8 Å². The van der Waals surface area contributed by atoms with Gasteiger partial charge in [-0.1, -0.05) is 17.7 Å². The van der Waals surface area contributed by atoms with Crippen molar-refractivity contribution in [3.63, 3.8) is 0 Å². The summed E-state index contributed by atoms with van der Waals surface area (Å²) in [5, 5.41) is 18.0. The molecule has 0 heterocycles. The van der Waals surface area contributed by atoms with Gasteiger partial charge in [-0.2, -0.15) is 5.10 Å². The van der Waals surface area contributed by atoms with Gasteiger partial charge in [-0.05, 0) is 96.9 Å². The number of benzene rings is 4. The number of esters is 1. The third-order valence-electron chi connectivity index (χ3n) is 5.86. The summed E-state index contributed by atoms with van der Waals surface area (Å²) in [6.07, 6.45) is 4.06. The Bertz CT molecular complexity index is 1740. The first-order chi connectivity index (χ1) is 21.2. The van der Waals surface area contributed by atoms with Crippen LogP contribution >= 0.6 is 11.6 Å². The Balaban J connectivity index is 1.36. The number of nitro benzene ring substituents is 1. The molecule has 2 N–H and O–H groups in total. The summed E-state index contributed by atoms with van der Waals surface area (Å²) in [5.74, 6) is -1.08. The van der Waals surface area contributed by atoms with E-state index in [1.807, 2.05) is 0 Å². The predicted molar refractivity (Wildman–Crippen MR) is 166 cm³/mol. The standard InChI is InChI=1S/C32H25ClN4O7/c1-2-43-29-18-22(8-16-28(29)44-30(38)17-9-21-6-14-27(15-7-21)37(41)42)20-34-36-32(40)24-4-3-5-26(19-24)35-31(39)23-10-12-25(33)13-11-23/h3-20H,2H2,1H3,(H,35,39)(H,36,40)/b17-9+,34-20?. The maximum atomic E-state index is 12.7. The number of nitro groups is 1. The van der Waals surface area contributed by atoms with Crippen molar-refractivity contribution >= 4 is 53.0 Å². The summed E-state index contributed by atoms with van der Waals surface area (Å²) >= 11 is 5.87. The summed E-state index contributed by atoms with van der Waals surface area (Å²) in [6.45, 7) is 2.07. The van der Waals surface area contributed by atoms with Gasteiger partial charge in [-0.25, -0.2) is 10.2 Å². The van der Waals surface area contributed by atoms with E-state index in [-0.39, 0.29) is 28.7 Å². The molecule has 0 unspecified atom stereocenters. The van der Waals surface area contributed by atoms with E-state index in [2.05, 4.69) is 15.8 Å². The van der Waals surface area contributed by atoms with Gasteiger partial charge in [-0.3, -0.25) is 19.7 Å². The minimum atomic E-state index is -0.676. The molecule has 0 bridgehead atoms. The number of nitrogens with zero attached hydrogens (tertiary/aromatic N) is 2. The number of nitrogens with one attached hydrogen (secondary N) is 2. The van der Waals surface area contributed by atoms with Gasteiger partial charge in [0.1, 0.15) is 0 Å². The van der Waals surface area contributed by atoms with E-state index in [0.717, 1.165) is 0 Å². The van der Waals surface area contributed by atoms with Gasteiger partial charge in [0.25, 0.3) is 17.5 Å². The summed E-state index contributed by atoms with van der Waals surface area (Å²) in [5.41, 5.74) is 4.64. The van der Waals surface area contributed by atoms with Crippen LogP contribution in [0.3, 0.4) is 0 Å². The summed E-state index contributed by atoms with van der Waals surface area (Å²) < 4.78 is 11.0. The van der Waals surface area contributed by atoms with Crippen LogP contribution in [0, 0.1) is 10.1 Å². The third-order valence-corrected chi connectivity index (χ3v) is 6.11. The van der Waals surface area contributed by atoms with E-state index in [9.17, 15) is 24.5 Å². The fraction of sp³-hybridized carbons (Fsp3) is 0.0625. The highest BCUT2D eigenvalue weighted by Crippen LogP contribution is 2.28. The molecule has 0 saturated heterocycles. The van der Waals surface area contributed by atoms with Gasteiger partial charge in [0.2, 0.25) is 0 Å². The predicted octanol–water partition coefficient (Wildman–Crippen LogP) is 6.28. The lowest BCUT2D eigenvalue weighted by Gasteiger charge is -2.10. The molecule has 0 aliphatic carbocycles. The van der Waals surface area contributed by atoms with E-state index in [0.29, 0.717) is 34.0 Å². The Morgan fingerprint density at radius 2 is 1.61 bits per heavy atom. The zero-order valence-electron chi connectivity index (χ0n) is 23.2. The highest BCUT2D eigenvalue weighted by atomic mass is 35.5. The van der Waals surface area contributed by atoms with Gasteiger partial charge in [0.05, 0.1) is 17.7 Å². The van der Waals surface area contributed by atoms with Gasteiger partial charge in [0.15, 0.2) is 11.5 Å². The number of hydrogen-bond acceptors (Lipinski definition) is 8. The highest BCUT2D eigenvalue weighted by Gasteiger charge is 2.11. The van der Waals surface area contributed by atoms with Gasteiger partial charge in [-0.15, -0.1) is 0 Å². The molecule has 0 saturated carbocycles. The lowest BCUT2D eigenvalue weighted by Crippen LogP contribution is -2.18. The van der Waals surface area contributed by atoms with Crippen molar-refractivity contribution < 1.29 is 28.8 Å². The highest BCUT2D eigenvalue weighted by molar-refractivity contribution is 6.30. The van der Waals surface area contributed by atoms with Crippen molar-refractivity contribution in [2.75, 3.05) is 11.9 Å². The molecule has 0 aliphatic rings. The largest absolute Gasteiger partial charge is 0.490 e. The first-order valence-electron chi connectivity index (χ1n) is 13.1. The van der Waals surface area contributed by atoms with Gasteiger partial charge in [0, 0.05) is 40.0 Å². The van der Waals surface area contributed by atoms with Crippen LogP contribution in [-0.4, -0.2) is 35.5 Å². The fourth-order valence-electron chi connectivity index (χ4n) is 3.74. The SMILES string of the molecule is CCOc1cc(C=NNC(=O)c2cccc(NC(=O)c3ccc(Cl)cc3)c2)ccc1OC(=O)/C=C/c1ccc([N+](=O)[O-])cc1. The number of hydrogen-bond donors (Lipinski definition) is 2. The fourth-order valence-corrected chi connectivity index (χ4v) is 3.87. The van der Waals surface area contributed by atoms with E-state index in [1.54, 1.807) is 61.5 Å². The van der Waals surface area contributed by atoms with Crippen molar-refractivity contribution in [3.05, 3.63) is 134 Å². The zero-order valence-corrected chi connectivity index (χ0v) is 24.0. The second kappa shape index (κ2) is 14.9. The number of ether oxygens (including phenoxy) is 2. The number of carbonyl (C=O) groups is 3. The number of amides is 2. The molecule has 2 amide bonds. The number of carbonyl (C=O) groups excluding carboxylic acids is 3. The Labute approximate surface area is 256 Å². The monoisotopic (exact) mass is 612 g/mol. The molecule has 4 aromatic carbocycles. The zero-order chi connectivity index (χ0) is 31.5. The second-order valence-electron chi connectivity index (χ2n) is 8.98. The molecule has 222 valence electrons. The molecule has 4 aromatic rings. The topological polar surface area (TPSA) is 149 Å². The van der Waals surface area contributed by atoms with Crippen molar-refractivity contribution in [2.24, 2.45) is 5.10 Å². The molecule has 0 aliphatic heterocycles. The van der Waals surface area contributed by atoms with Crippen LogP contribution in [0.2, 0.25) is 5.02 Å². The quantitative estimate of drug-likeness (QED) is 0.0505. The van der Waals surface area contributed by atoms with Crippen molar-refractivity contribution in [1.29, 1.82) is 0 Å². The molecule has 0 spiro atoms. The Morgan fingerprint density at radius 1 is 0.886 bits per heavy atom. The molecule has 12 heteroatoms. The Hall–Kier alpha value is -5.81. The number of halogens is 1. The average molecular weight is 613 g/mol. The first kappa shape index (κ1) is 31.1. The summed E-state index contributed by atoms with van der Waals surface area (Å²) in [7, 11) is 0. The maximum Gasteiger partial charge on any atom is 0.336 e. The number of non-ortho nitro benzene ring substituents is 1. The molecule has 0 radical (unpaired) electrons. The molecular weight excluding hydrogens is 588 g/mol. The van der Waals surface area contributed by atoms with Crippen LogP contribution in [0.25, 0.3) is 6.08 Å². The minimum Gasteiger partial charge on any atom is -0.490 e. The van der Waals surface area contributed by atoms with Crippen molar-refractivity contribution in [3.8, 4) is 11.5 Å². The molecule has 0 atom stereocenters. The molecule has 44 heavy (non-hydrogen) atoms. The Kier molecular flexibility index (Phi) is 10.5. The summed E-state index contributed by atoms with van der Waals surface area (Å²) in [6, 6.07) is 23.2. The van der Waals surface area contributed by atoms with Crippen LogP contribution in [0.15, 0.2) is 102 Å². The first-order valence-corrected chi connectivity index (χ1v) is 13.5. The minimum absolute atomic E-state index is 0.0559. The number of hydrazone groups is 1. The van der Waals surface area contributed by atoms with Crippen LogP contribution in [0.4, 0.5) is 11.4 Å². The Morgan fingerprint density at radius 3 is 2.32 bits per heavy atom. The lowest BCUT2D eigenvalue weighted by atomic mass is 10.1. The smallest absolute Gasteiger partial charge is 0.336 e. The van der Waals surface area contributed by atoms with Gasteiger partial charge < -0.3 is 14.8 Å². The average Bonchev–Trinajstić information content (AvgIpc) is 3.02. The number of rotatable bonds is 11. The van der Waals surface area contributed by atoms with Crippen LogP contribution < -0.4 is 20.2 Å². The van der Waals surface area contributed by atoms with Crippen molar-refractivity contribution in [1.82, 2.24) is 5.43 Å². The lowest BCUT2D eigenvalue weighted by molar-refractivity contribution is -0.384. The van der Waals surface area contributed by atoms with Crippen LogP contribution in [0.5, 0.6) is 11.5 Å². The van der Waals surface area contributed by atoms with Crippen molar-refractivity contribution in [2.45, 2.75) is 6.92 Å². The van der Waals surface area contributed by atoms with E-state index in [4.69, 9.17) is 21.1 Å². The second-order valence-corrected chi connectivity index (χ2v) is 9.42. The maximum absolute atomic E-state index is 12.7. The third kappa shape index (κ3) is 8.84. The van der Waals surface area contributed by atoms with Crippen LogP contribution in [0.1, 0.15) is 38.8 Å². The molecule has 0 aromatic heterocycles.